The van der Waals surface area contributed by atoms with Gasteiger partial charge in [0, 0.05) is 12.6 Å². The Kier molecular flexibility index (Phi) is 6.84. The predicted molar refractivity (Wildman–Crippen MR) is 110 cm³/mol. The standard InChI is InChI=1S/C20H31NO5S2/c1-15(2)26-11-5-10-21-19-13-27(22,23)14-20(19)28(24,25)18-9-8-16-6-3-4-7-17(16)12-18/h8-9,12,15,19-21H,3-7,10-11,13-14H2,1-2H3/t19-,20-/m0/s1. The minimum Gasteiger partial charge on any atom is -0.379 e. The summed E-state index contributed by atoms with van der Waals surface area (Å²) in [6.45, 7) is 5.01. The van der Waals surface area contributed by atoms with Crippen LogP contribution in [0.15, 0.2) is 23.1 Å². The van der Waals surface area contributed by atoms with Gasteiger partial charge in [-0.05, 0) is 75.8 Å². The second-order valence-electron chi connectivity index (χ2n) is 8.13. The van der Waals surface area contributed by atoms with Crippen molar-refractivity contribution in [1.82, 2.24) is 5.32 Å². The lowest BCUT2D eigenvalue weighted by Gasteiger charge is -2.22. The summed E-state index contributed by atoms with van der Waals surface area (Å²) < 4.78 is 56.4. The maximum Gasteiger partial charge on any atom is 0.183 e. The van der Waals surface area contributed by atoms with Gasteiger partial charge in [-0.1, -0.05) is 6.07 Å². The van der Waals surface area contributed by atoms with E-state index in [0.717, 1.165) is 31.2 Å². The first kappa shape index (κ1) is 21.7. The van der Waals surface area contributed by atoms with E-state index in [0.29, 0.717) is 19.6 Å². The van der Waals surface area contributed by atoms with Crippen molar-refractivity contribution in [2.24, 2.45) is 0 Å². The van der Waals surface area contributed by atoms with E-state index in [1.165, 1.54) is 5.56 Å². The molecule has 1 aliphatic heterocycles. The molecule has 28 heavy (non-hydrogen) atoms. The largest absolute Gasteiger partial charge is 0.379 e. The summed E-state index contributed by atoms with van der Waals surface area (Å²) >= 11 is 0. The molecule has 1 fully saturated rings. The zero-order valence-electron chi connectivity index (χ0n) is 16.7. The fourth-order valence-electron chi connectivity index (χ4n) is 4.05. The van der Waals surface area contributed by atoms with E-state index in [9.17, 15) is 16.8 Å². The summed E-state index contributed by atoms with van der Waals surface area (Å²) in [4.78, 5) is 0.255. The molecule has 1 aromatic carbocycles. The first-order valence-electron chi connectivity index (χ1n) is 10.1. The molecule has 1 heterocycles. The number of nitrogens with one attached hydrogen (secondary N) is 1. The summed E-state index contributed by atoms with van der Waals surface area (Å²) in [5.41, 5.74) is 2.30. The van der Waals surface area contributed by atoms with Crippen LogP contribution in [0, 0.1) is 0 Å². The third kappa shape index (κ3) is 5.14. The summed E-state index contributed by atoms with van der Waals surface area (Å²) in [5.74, 6) is -0.445. The molecule has 2 atom stereocenters. The smallest absolute Gasteiger partial charge is 0.183 e. The lowest BCUT2D eigenvalue weighted by atomic mass is 9.92. The van der Waals surface area contributed by atoms with Crippen molar-refractivity contribution in [1.29, 1.82) is 0 Å². The lowest BCUT2D eigenvalue weighted by Crippen LogP contribution is -2.44. The molecule has 0 saturated carbocycles. The van der Waals surface area contributed by atoms with Crippen LogP contribution in [0.4, 0.5) is 0 Å². The van der Waals surface area contributed by atoms with E-state index in [4.69, 9.17) is 4.74 Å². The highest BCUT2D eigenvalue weighted by Gasteiger charge is 2.45. The fraction of sp³-hybridized carbons (Fsp3) is 0.700. The quantitative estimate of drug-likeness (QED) is 0.635. The third-order valence-electron chi connectivity index (χ3n) is 5.53. The monoisotopic (exact) mass is 429 g/mol. The van der Waals surface area contributed by atoms with Gasteiger partial charge < -0.3 is 10.1 Å². The molecule has 1 aliphatic carbocycles. The van der Waals surface area contributed by atoms with Crippen LogP contribution >= 0.6 is 0 Å². The van der Waals surface area contributed by atoms with Gasteiger partial charge in [-0.15, -0.1) is 0 Å². The van der Waals surface area contributed by atoms with Crippen molar-refractivity contribution in [3.63, 3.8) is 0 Å². The Labute approximate surface area is 168 Å². The predicted octanol–water partition coefficient (Wildman–Crippen LogP) is 1.91. The zero-order chi connectivity index (χ0) is 20.4. The Morgan fingerprint density at radius 1 is 1.14 bits per heavy atom. The van der Waals surface area contributed by atoms with E-state index in [-0.39, 0.29) is 22.5 Å². The van der Waals surface area contributed by atoms with E-state index >= 15 is 0 Å². The van der Waals surface area contributed by atoms with Gasteiger partial charge in [0.15, 0.2) is 19.7 Å². The first-order valence-corrected chi connectivity index (χ1v) is 13.5. The number of fused-ring (bicyclic) bond motifs is 1. The molecule has 0 radical (unpaired) electrons. The van der Waals surface area contributed by atoms with Gasteiger partial charge in [-0.25, -0.2) is 16.8 Å². The molecule has 0 spiro atoms. The Morgan fingerprint density at radius 3 is 2.57 bits per heavy atom. The van der Waals surface area contributed by atoms with Crippen molar-refractivity contribution < 1.29 is 21.6 Å². The third-order valence-corrected chi connectivity index (χ3v) is 9.67. The number of rotatable bonds is 8. The number of aryl methyl sites for hydroxylation is 2. The van der Waals surface area contributed by atoms with Crippen LogP contribution in [0.2, 0.25) is 0 Å². The zero-order valence-corrected chi connectivity index (χ0v) is 18.3. The Hall–Kier alpha value is -0.960. The molecule has 0 bridgehead atoms. The average Bonchev–Trinajstić information content (AvgIpc) is 2.96. The summed E-state index contributed by atoms with van der Waals surface area (Å²) in [6.07, 6.45) is 4.92. The number of ether oxygens (including phenoxy) is 1. The second-order valence-corrected chi connectivity index (χ2v) is 12.5. The Balaban J connectivity index is 1.74. The van der Waals surface area contributed by atoms with Crippen molar-refractivity contribution in [3.05, 3.63) is 29.3 Å². The Morgan fingerprint density at radius 2 is 1.86 bits per heavy atom. The topological polar surface area (TPSA) is 89.5 Å². The van der Waals surface area contributed by atoms with Gasteiger partial charge in [0.25, 0.3) is 0 Å². The molecule has 1 aromatic rings. The minimum absolute atomic E-state index is 0.132. The molecule has 8 heteroatoms. The number of hydrogen-bond acceptors (Lipinski definition) is 6. The normalized spacial score (nSPS) is 24.4. The van der Waals surface area contributed by atoms with Crippen LogP contribution in [0.1, 0.15) is 44.2 Å². The van der Waals surface area contributed by atoms with Crippen LogP contribution < -0.4 is 5.32 Å². The summed E-state index contributed by atoms with van der Waals surface area (Å²) in [5, 5.41) is 2.22. The molecule has 1 N–H and O–H groups in total. The molecule has 0 aromatic heterocycles. The molecule has 6 nitrogen and oxygen atoms in total. The highest BCUT2D eigenvalue weighted by molar-refractivity contribution is 7.96. The molecular weight excluding hydrogens is 398 g/mol. The number of hydrogen-bond donors (Lipinski definition) is 1. The fourth-order valence-corrected chi connectivity index (χ4v) is 8.82. The van der Waals surface area contributed by atoms with Crippen LogP contribution in [0.25, 0.3) is 0 Å². The Bertz CT molecular complexity index is 893. The van der Waals surface area contributed by atoms with Crippen molar-refractivity contribution in [3.8, 4) is 0 Å². The van der Waals surface area contributed by atoms with E-state index in [1.807, 2.05) is 19.9 Å². The summed E-state index contributed by atoms with van der Waals surface area (Å²) in [6, 6.07) is 4.74. The van der Waals surface area contributed by atoms with Gasteiger partial charge in [0.1, 0.15) is 0 Å². The van der Waals surface area contributed by atoms with Gasteiger partial charge in [-0.3, -0.25) is 0 Å². The lowest BCUT2D eigenvalue weighted by molar-refractivity contribution is 0.0768. The van der Waals surface area contributed by atoms with Crippen LogP contribution in [0.3, 0.4) is 0 Å². The molecule has 3 rings (SSSR count). The van der Waals surface area contributed by atoms with Crippen molar-refractivity contribution >= 4 is 19.7 Å². The molecule has 0 unspecified atom stereocenters. The minimum atomic E-state index is -3.72. The number of benzene rings is 1. The summed E-state index contributed by atoms with van der Waals surface area (Å²) in [7, 11) is -7.10. The van der Waals surface area contributed by atoms with E-state index in [2.05, 4.69) is 5.32 Å². The maximum absolute atomic E-state index is 13.3. The highest BCUT2D eigenvalue weighted by Crippen LogP contribution is 2.29. The first-order chi connectivity index (χ1) is 13.2. The van der Waals surface area contributed by atoms with Gasteiger partial charge in [0.2, 0.25) is 0 Å². The molecule has 2 aliphatic rings. The second kappa shape index (κ2) is 8.81. The van der Waals surface area contributed by atoms with Crippen LogP contribution in [-0.4, -0.2) is 58.9 Å². The number of sulfone groups is 2. The highest BCUT2D eigenvalue weighted by atomic mass is 32.2. The molecular formula is C20H31NO5S2. The van der Waals surface area contributed by atoms with Gasteiger partial charge >= 0.3 is 0 Å². The van der Waals surface area contributed by atoms with E-state index < -0.39 is 31.0 Å². The molecule has 158 valence electrons. The average molecular weight is 430 g/mol. The van der Waals surface area contributed by atoms with Crippen molar-refractivity contribution in [2.45, 2.75) is 68.2 Å². The molecule has 0 amide bonds. The van der Waals surface area contributed by atoms with Crippen LogP contribution in [0.5, 0.6) is 0 Å². The molecule has 1 saturated heterocycles. The van der Waals surface area contributed by atoms with Crippen molar-refractivity contribution in [2.75, 3.05) is 24.7 Å². The van der Waals surface area contributed by atoms with Gasteiger partial charge in [-0.2, -0.15) is 0 Å². The van der Waals surface area contributed by atoms with E-state index in [1.54, 1.807) is 12.1 Å². The SMILES string of the molecule is CC(C)OCCCN[C@H]1CS(=O)(=O)C[C@@H]1S(=O)(=O)c1ccc2c(c1)CCCC2. The van der Waals surface area contributed by atoms with Gasteiger partial charge in [0.05, 0.1) is 27.8 Å². The van der Waals surface area contributed by atoms with Crippen LogP contribution in [-0.2, 0) is 37.3 Å². The maximum atomic E-state index is 13.3.